The van der Waals surface area contributed by atoms with Crippen molar-refractivity contribution in [3.8, 4) is 0 Å². The minimum Gasteiger partial charge on any atom is -0.289 e. The molecule has 0 bridgehead atoms. The summed E-state index contributed by atoms with van der Waals surface area (Å²) in [4.78, 5) is 15.8. The lowest BCUT2D eigenvalue weighted by molar-refractivity contribution is -0.137. The van der Waals surface area contributed by atoms with Gasteiger partial charge in [-0.3, -0.25) is 9.78 Å². The van der Waals surface area contributed by atoms with Crippen molar-refractivity contribution in [3.63, 3.8) is 0 Å². The highest BCUT2D eigenvalue weighted by Gasteiger charge is 2.35. The molecule has 1 heterocycles. The van der Waals surface area contributed by atoms with Gasteiger partial charge in [0.15, 0.2) is 5.78 Å². The highest BCUT2D eigenvalue weighted by molar-refractivity contribution is 9.10. The summed E-state index contributed by atoms with van der Waals surface area (Å²) < 4.78 is 39.0. The Labute approximate surface area is 115 Å². The maximum atomic E-state index is 12.9. The standard InChI is InChI=1S/C13H7BrF3NO/c14-9-1-2-10(11(7-9)13(15,16)17)12(19)8-3-5-18-6-4-8/h1-7H. The van der Waals surface area contributed by atoms with Crippen molar-refractivity contribution < 1.29 is 18.0 Å². The predicted octanol–water partition coefficient (Wildman–Crippen LogP) is 4.09. The third-order valence-electron chi connectivity index (χ3n) is 2.47. The Morgan fingerprint density at radius 2 is 1.74 bits per heavy atom. The number of halogens is 4. The molecule has 2 nitrogen and oxygen atoms in total. The van der Waals surface area contributed by atoms with Crippen LogP contribution in [0.5, 0.6) is 0 Å². The Hall–Kier alpha value is -1.69. The van der Waals surface area contributed by atoms with Crippen LogP contribution in [0, 0.1) is 0 Å². The molecule has 0 aliphatic heterocycles. The van der Waals surface area contributed by atoms with Crippen LogP contribution in [-0.4, -0.2) is 10.8 Å². The number of rotatable bonds is 2. The maximum Gasteiger partial charge on any atom is 0.417 e. The van der Waals surface area contributed by atoms with Gasteiger partial charge in [-0.05, 0) is 30.3 Å². The van der Waals surface area contributed by atoms with Crippen LogP contribution in [0.1, 0.15) is 21.5 Å². The predicted molar refractivity (Wildman–Crippen MR) is 66.8 cm³/mol. The summed E-state index contributed by atoms with van der Waals surface area (Å²) in [5.41, 5.74) is -1.16. The average Bonchev–Trinajstić information content (AvgIpc) is 2.38. The number of ketones is 1. The van der Waals surface area contributed by atoms with Gasteiger partial charge >= 0.3 is 6.18 Å². The summed E-state index contributed by atoms with van der Waals surface area (Å²) in [7, 11) is 0. The van der Waals surface area contributed by atoms with Crippen molar-refractivity contribution in [3.05, 3.63) is 63.9 Å². The van der Waals surface area contributed by atoms with E-state index < -0.39 is 17.5 Å². The summed E-state index contributed by atoms with van der Waals surface area (Å²) in [5, 5.41) is 0. The van der Waals surface area contributed by atoms with E-state index in [0.717, 1.165) is 12.1 Å². The fraction of sp³-hybridized carbons (Fsp3) is 0.0769. The van der Waals surface area contributed by atoms with Crippen LogP contribution in [0.25, 0.3) is 0 Å². The molecule has 0 N–H and O–H groups in total. The highest BCUT2D eigenvalue weighted by Crippen LogP contribution is 2.34. The Morgan fingerprint density at radius 1 is 1.11 bits per heavy atom. The van der Waals surface area contributed by atoms with Crippen molar-refractivity contribution in [2.45, 2.75) is 6.18 Å². The molecule has 0 amide bonds. The molecule has 2 rings (SSSR count). The van der Waals surface area contributed by atoms with E-state index in [-0.39, 0.29) is 15.6 Å². The van der Waals surface area contributed by atoms with E-state index in [0.29, 0.717) is 0 Å². The van der Waals surface area contributed by atoms with Crippen LogP contribution in [0.4, 0.5) is 13.2 Å². The number of carbonyl (C=O) groups is 1. The van der Waals surface area contributed by atoms with Crippen LogP contribution >= 0.6 is 15.9 Å². The molecule has 0 radical (unpaired) electrons. The molecule has 0 spiro atoms. The number of hydrogen-bond acceptors (Lipinski definition) is 2. The van der Waals surface area contributed by atoms with Crippen molar-refractivity contribution >= 4 is 21.7 Å². The molecule has 0 unspecified atom stereocenters. The second kappa shape index (κ2) is 5.13. The largest absolute Gasteiger partial charge is 0.417 e. The van der Waals surface area contributed by atoms with Gasteiger partial charge in [-0.1, -0.05) is 15.9 Å². The van der Waals surface area contributed by atoms with E-state index in [4.69, 9.17) is 0 Å². The number of hydrogen-bond donors (Lipinski definition) is 0. The summed E-state index contributed by atoms with van der Waals surface area (Å²) in [6.45, 7) is 0. The summed E-state index contributed by atoms with van der Waals surface area (Å²) in [6, 6.07) is 6.23. The van der Waals surface area contributed by atoms with Crippen molar-refractivity contribution in [2.75, 3.05) is 0 Å². The third-order valence-corrected chi connectivity index (χ3v) is 2.97. The average molecular weight is 330 g/mol. The third kappa shape index (κ3) is 3.01. The Balaban J connectivity index is 2.54. The van der Waals surface area contributed by atoms with Gasteiger partial charge in [0.1, 0.15) is 0 Å². The molecule has 0 saturated heterocycles. The zero-order chi connectivity index (χ0) is 14.0. The normalized spacial score (nSPS) is 11.4. The van der Waals surface area contributed by atoms with Crippen LogP contribution in [0.15, 0.2) is 47.2 Å². The van der Waals surface area contributed by atoms with Crippen molar-refractivity contribution in [1.82, 2.24) is 4.98 Å². The van der Waals surface area contributed by atoms with Gasteiger partial charge in [0, 0.05) is 28.0 Å². The van der Waals surface area contributed by atoms with Gasteiger partial charge in [-0.25, -0.2) is 0 Å². The summed E-state index contributed by atoms with van der Waals surface area (Å²) in [6.07, 6.45) is -1.86. The molecular formula is C13H7BrF3NO. The zero-order valence-corrected chi connectivity index (χ0v) is 11.0. The monoisotopic (exact) mass is 329 g/mol. The minimum absolute atomic E-state index is 0.169. The molecule has 0 atom stereocenters. The molecule has 2 aromatic rings. The van der Waals surface area contributed by atoms with Crippen molar-refractivity contribution in [1.29, 1.82) is 0 Å². The first kappa shape index (κ1) is 13.7. The van der Waals surface area contributed by atoms with Crippen LogP contribution in [0.2, 0.25) is 0 Å². The van der Waals surface area contributed by atoms with E-state index >= 15 is 0 Å². The van der Waals surface area contributed by atoms with Gasteiger partial charge in [-0.15, -0.1) is 0 Å². The van der Waals surface area contributed by atoms with Crippen LogP contribution in [0.3, 0.4) is 0 Å². The topological polar surface area (TPSA) is 30.0 Å². The fourth-order valence-corrected chi connectivity index (χ4v) is 1.97. The molecule has 0 aliphatic carbocycles. The van der Waals surface area contributed by atoms with Gasteiger partial charge in [0.05, 0.1) is 5.56 Å². The lowest BCUT2D eigenvalue weighted by Gasteiger charge is -2.12. The molecule has 1 aromatic heterocycles. The van der Waals surface area contributed by atoms with E-state index in [9.17, 15) is 18.0 Å². The smallest absolute Gasteiger partial charge is 0.289 e. The van der Waals surface area contributed by atoms with E-state index in [2.05, 4.69) is 20.9 Å². The van der Waals surface area contributed by atoms with Crippen molar-refractivity contribution in [2.24, 2.45) is 0 Å². The Bertz CT molecular complexity index is 611. The number of carbonyl (C=O) groups excluding carboxylic acids is 1. The second-order valence-corrected chi connectivity index (χ2v) is 4.67. The summed E-state index contributed by atoms with van der Waals surface area (Å²) in [5.74, 6) is -0.678. The fourth-order valence-electron chi connectivity index (χ4n) is 1.61. The second-order valence-electron chi connectivity index (χ2n) is 3.75. The first-order valence-corrected chi connectivity index (χ1v) is 6.00. The van der Waals surface area contributed by atoms with E-state index in [1.54, 1.807) is 0 Å². The maximum absolute atomic E-state index is 12.9. The molecule has 0 aliphatic rings. The number of pyridine rings is 1. The Kier molecular flexibility index (Phi) is 3.71. The molecule has 19 heavy (non-hydrogen) atoms. The molecule has 6 heteroatoms. The molecular weight excluding hydrogens is 323 g/mol. The molecule has 0 saturated carbocycles. The van der Waals surface area contributed by atoms with Gasteiger partial charge in [0.2, 0.25) is 0 Å². The number of aromatic nitrogens is 1. The van der Waals surface area contributed by atoms with Gasteiger partial charge in [0.25, 0.3) is 0 Å². The molecule has 98 valence electrons. The number of nitrogens with zero attached hydrogens (tertiary/aromatic N) is 1. The SMILES string of the molecule is O=C(c1ccncc1)c1ccc(Br)cc1C(F)(F)F. The first-order valence-electron chi connectivity index (χ1n) is 5.21. The highest BCUT2D eigenvalue weighted by atomic mass is 79.9. The molecule has 0 fully saturated rings. The van der Waals surface area contributed by atoms with Crippen LogP contribution < -0.4 is 0 Å². The van der Waals surface area contributed by atoms with E-state index in [1.807, 2.05) is 0 Å². The number of alkyl halides is 3. The minimum atomic E-state index is -4.58. The van der Waals surface area contributed by atoms with Gasteiger partial charge < -0.3 is 0 Å². The lowest BCUT2D eigenvalue weighted by Crippen LogP contribution is -2.14. The quantitative estimate of drug-likeness (QED) is 0.776. The summed E-state index contributed by atoms with van der Waals surface area (Å²) >= 11 is 2.97. The zero-order valence-electron chi connectivity index (χ0n) is 9.41. The van der Waals surface area contributed by atoms with Gasteiger partial charge in [-0.2, -0.15) is 13.2 Å². The first-order chi connectivity index (χ1) is 8.89. The van der Waals surface area contributed by atoms with E-state index in [1.165, 1.54) is 30.6 Å². The molecule has 1 aromatic carbocycles. The number of benzene rings is 1. The van der Waals surface area contributed by atoms with Crippen LogP contribution in [-0.2, 0) is 6.18 Å². The lowest BCUT2D eigenvalue weighted by atomic mass is 9.99. The Morgan fingerprint density at radius 3 is 2.32 bits per heavy atom.